The molecule has 0 aliphatic carbocycles. The van der Waals surface area contributed by atoms with Gasteiger partial charge in [0.05, 0.1) is 24.5 Å². The van der Waals surface area contributed by atoms with Crippen LogP contribution in [-0.4, -0.2) is 42.2 Å². The van der Waals surface area contributed by atoms with E-state index < -0.39 is 0 Å². The van der Waals surface area contributed by atoms with Crippen LogP contribution in [0, 0.1) is 0 Å². The second-order valence-electron chi connectivity index (χ2n) is 6.37. The van der Waals surface area contributed by atoms with Gasteiger partial charge in [-0.1, -0.05) is 22.0 Å². The summed E-state index contributed by atoms with van der Waals surface area (Å²) in [7, 11) is 0. The molecule has 148 valence electrons. The van der Waals surface area contributed by atoms with Crippen molar-refractivity contribution in [2.75, 3.05) is 36.5 Å². The number of nitrogens with zero attached hydrogens (tertiary/aromatic N) is 3. The van der Waals surface area contributed by atoms with Crippen molar-refractivity contribution in [1.29, 1.82) is 0 Å². The third-order valence-electron chi connectivity index (χ3n) is 4.36. The predicted octanol–water partition coefficient (Wildman–Crippen LogP) is 4.12. The largest absolute Gasteiger partial charge is 0.439 e. The van der Waals surface area contributed by atoms with Gasteiger partial charge in [-0.05, 0) is 36.4 Å². The van der Waals surface area contributed by atoms with Gasteiger partial charge >= 0.3 is 0 Å². The van der Waals surface area contributed by atoms with E-state index in [9.17, 15) is 4.79 Å². The van der Waals surface area contributed by atoms with Crippen LogP contribution in [0.3, 0.4) is 0 Å². The van der Waals surface area contributed by atoms with E-state index in [1.54, 1.807) is 24.4 Å². The van der Waals surface area contributed by atoms with E-state index in [4.69, 9.17) is 9.47 Å². The van der Waals surface area contributed by atoms with Gasteiger partial charge in [-0.2, -0.15) is 0 Å². The Kier molecular flexibility index (Phi) is 6.02. The van der Waals surface area contributed by atoms with Crippen molar-refractivity contribution in [2.45, 2.75) is 0 Å². The number of ether oxygens (including phenoxy) is 2. The molecule has 0 spiro atoms. The lowest BCUT2D eigenvalue weighted by Crippen LogP contribution is -2.37. The number of morpholine rings is 1. The summed E-state index contributed by atoms with van der Waals surface area (Å²) in [6.07, 6.45) is 3.21. The third kappa shape index (κ3) is 4.90. The van der Waals surface area contributed by atoms with Crippen LogP contribution in [0.2, 0.25) is 0 Å². The van der Waals surface area contributed by atoms with Gasteiger partial charge in [0.2, 0.25) is 5.88 Å². The van der Waals surface area contributed by atoms with Crippen LogP contribution in [0.15, 0.2) is 65.4 Å². The van der Waals surface area contributed by atoms with E-state index in [-0.39, 0.29) is 5.91 Å². The SMILES string of the molecule is O=C(Nc1cccnc1N1CCOCC1)c1ccc(Oc2cccc(Br)c2)nc1. The minimum Gasteiger partial charge on any atom is -0.439 e. The number of halogens is 1. The van der Waals surface area contributed by atoms with Gasteiger partial charge in [0.25, 0.3) is 5.91 Å². The molecule has 8 heteroatoms. The van der Waals surface area contributed by atoms with Crippen molar-refractivity contribution < 1.29 is 14.3 Å². The fourth-order valence-corrected chi connectivity index (χ4v) is 3.32. The van der Waals surface area contributed by atoms with Crippen molar-refractivity contribution in [3.63, 3.8) is 0 Å². The third-order valence-corrected chi connectivity index (χ3v) is 4.86. The van der Waals surface area contributed by atoms with Gasteiger partial charge in [0.15, 0.2) is 5.82 Å². The Bertz CT molecular complexity index is 991. The molecular weight excluding hydrogens is 436 g/mol. The highest BCUT2D eigenvalue weighted by molar-refractivity contribution is 9.10. The maximum absolute atomic E-state index is 12.7. The molecule has 7 nitrogen and oxygen atoms in total. The van der Waals surface area contributed by atoms with Crippen LogP contribution in [0.5, 0.6) is 11.6 Å². The minimum absolute atomic E-state index is 0.256. The predicted molar refractivity (Wildman–Crippen MR) is 114 cm³/mol. The first-order chi connectivity index (χ1) is 14.2. The lowest BCUT2D eigenvalue weighted by Gasteiger charge is -2.29. The maximum atomic E-state index is 12.7. The number of amides is 1. The van der Waals surface area contributed by atoms with Gasteiger partial charge in [0, 0.05) is 36.0 Å². The molecule has 4 rings (SSSR count). The molecule has 1 N–H and O–H groups in total. The molecule has 1 fully saturated rings. The molecule has 1 aliphatic heterocycles. The maximum Gasteiger partial charge on any atom is 0.257 e. The Morgan fingerprint density at radius 1 is 1.10 bits per heavy atom. The summed E-state index contributed by atoms with van der Waals surface area (Å²) in [5.74, 6) is 1.56. The Morgan fingerprint density at radius 2 is 1.97 bits per heavy atom. The standard InChI is InChI=1S/C21H19BrN4O3/c22-16-3-1-4-17(13-16)29-19-7-6-15(14-24-19)21(27)25-18-5-2-8-23-20(18)26-9-11-28-12-10-26/h1-8,13-14H,9-12H2,(H,25,27). The highest BCUT2D eigenvalue weighted by Crippen LogP contribution is 2.25. The average Bonchev–Trinajstić information content (AvgIpc) is 2.75. The molecule has 2 aromatic heterocycles. The van der Waals surface area contributed by atoms with Gasteiger partial charge in [-0.3, -0.25) is 4.79 Å². The monoisotopic (exact) mass is 454 g/mol. The van der Waals surface area contributed by atoms with Crippen LogP contribution in [0.1, 0.15) is 10.4 Å². The number of hydrogen-bond donors (Lipinski definition) is 1. The summed E-state index contributed by atoms with van der Waals surface area (Å²) in [6, 6.07) is 14.5. The van der Waals surface area contributed by atoms with Crippen molar-refractivity contribution in [1.82, 2.24) is 9.97 Å². The molecule has 0 atom stereocenters. The van der Waals surface area contributed by atoms with Crippen LogP contribution in [0.25, 0.3) is 0 Å². The molecule has 0 saturated carbocycles. The van der Waals surface area contributed by atoms with E-state index in [1.807, 2.05) is 30.3 Å². The van der Waals surface area contributed by atoms with Gasteiger partial charge in [-0.15, -0.1) is 0 Å². The number of rotatable bonds is 5. The van der Waals surface area contributed by atoms with E-state index in [0.29, 0.717) is 36.1 Å². The van der Waals surface area contributed by atoms with Gasteiger partial charge in [-0.25, -0.2) is 9.97 Å². The summed E-state index contributed by atoms with van der Waals surface area (Å²) in [6.45, 7) is 2.77. The molecular formula is C21H19BrN4O3. The number of carbonyl (C=O) groups is 1. The summed E-state index contributed by atoms with van der Waals surface area (Å²) >= 11 is 3.40. The average molecular weight is 455 g/mol. The van der Waals surface area contributed by atoms with Gasteiger partial charge < -0.3 is 19.7 Å². The molecule has 1 aliphatic rings. The van der Waals surface area contributed by atoms with Crippen LogP contribution >= 0.6 is 15.9 Å². The lowest BCUT2D eigenvalue weighted by atomic mass is 10.2. The molecule has 29 heavy (non-hydrogen) atoms. The molecule has 1 aromatic carbocycles. The fourth-order valence-electron chi connectivity index (χ4n) is 2.94. The van der Waals surface area contributed by atoms with Crippen LogP contribution in [-0.2, 0) is 4.74 Å². The molecule has 0 bridgehead atoms. The fraction of sp³-hybridized carbons (Fsp3) is 0.190. The zero-order chi connectivity index (χ0) is 20.1. The van der Waals surface area contributed by atoms with Crippen LogP contribution in [0.4, 0.5) is 11.5 Å². The lowest BCUT2D eigenvalue weighted by molar-refractivity contribution is 0.102. The molecule has 0 radical (unpaired) electrons. The Labute approximate surface area is 176 Å². The van der Waals surface area contributed by atoms with E-state index in [1.165, 1.54) is 6.20 Å². The van der Waals surface area contributed by atoms with Crippen LogP contribution < -0.4 is 15.0 Å². The molecule has 0 unspecified atom stereocenters. The number of nitrogens with one attached hydrogen (secondary N) is 1. The summed E-state index contributed by atoms with van der Waals surface area (Å²) in [5.41, 5.74) is 1.09. The first-order valence-electron chi connectivity index (χ1n) is 9.17. The van der Waals surface area contributed by atoms with E-state index in [2.05, 4.69) is 36.1 Å². The first-order valence-corrected chi connectivity index (χ1v) is 9.97. The Hall–Kier alpha value is -2.97. The molecule has 1 saturated heterocycles. The molecule has 1 amide bonds. The topological polar surface area (TPSA) is 76.6 Å². The van der Waals surface area contributed by atoms with E-state index in [0.717, 1.165) is 23.4 Å². The van der Waals surface area contributed by atoms with E-state index >= 15 is 0 Å². The highest BCUT2D eigenvalue weighted by atomic mass is 79.9. The molecule has 3 heterocycles. The number of anilines is 2. The number of aromatic nitrogens is 2. The smallest absolute Gasteiger partial charge is 0.257 e. The van der Waals surface area contributed by atoms with Crippen molar-refractivity contribution in [3.05, 3.63) is 71.0 Å². The second kappa shape index (κ2) is 9.02. The number of carbonyl (C=O) groups excluding carboxylic acids is 1. The summed E-state index contributed by atoms with van der Waals surface area (Å²) < 4.78 is 12.0. The normalized spacial score (nSPS) is 13.8. The number of hydrogen-bond acceptors (Lipinski definition) is 6. The number of benzene rings is 1. The number of pyridine rings is 2. The minimum atomic E-state index is -0.256. The van der Waals surface area contributed by atoms with Crippen molar-refractivity contribution in [2.24, 2.45) is 0 Å². The second-order valence-corrected chi connectivity index (χ2v) is 7.29. The summed E-state index contributed by atoms with van der Waals surface area (Å²) in [4.78, 5) is 23.5. The quantitative estimate of drug-likeness (QED) is 0.624. The summed E-state index contributed by atoms with van der Waals surface area (Å²) in [5, 5.41) is 2.93. The Balaban J connectivity index is 1.45. The molecule has 3 aromatic rings. The Morgan fingerprint density at radius 3 is 2.72 bits per heavy atom. The zero-order valence-electron chi connectivity index (χ0n) is 15.5. The first kappa shape index (κ1) is 19.4. The van der Waals surface area contributed by atoms with Crippen molar-refractivity contribution >= 4 is 33.3 Å². The van der Waals surface area contributed by atoms with Crippen molar-refractivity contribution in [3.8, 4) is 11.6 Å². The van der Waals surface area contributed by atoms with Gasteiger partial charge in [0.1, 0.15) is 5.75 Å². The highest BCUT2D eigenvalue weighted by Gasteiger charge is 2.18. The zero-order valence-corrected chi connectivity index (χ0v) is 17.1.